The first kappa shape index (κ1) is 18.8. The first-order valence-corrected chi connectivity index (χ1v) is 9.82. The van der Waals surface area contributed by atoms with Crippen LogP contribution in [-0.2, 0) is 0 Å². The number of benzene rings is 1. The highest BCUT2D eigenvalue weighted by Gasteiger charge is 2.19. The molecule has 0 spiro atoms. The number of aliphatic hydroxyl groups is 1. The summed E-state index contributed by atoms with van der Waals surface area (Å²) in [6.07, 6.45) is 2.75. The maximum atomic E-state index is 12.5. The molecule has 1 heterocycles. The number of nitrogens with zero attached hydrogens (tertiary/aromatic N) is 1. The van der Waals surface area contributed by atoms with Gasteiger partial charge in [-0.1, -0.05) is 0 Å². The summed E-state index contributed by atoms with van der Waals surface area (Å²) in [5.74, 6) is 1.50. The number of nitrogens with one attached hydrogen (secondary N) is 1. The molecule has 0 saturated heterocycles. The normalized spacial score (nSPS) is 12.0. The molecule has 1 aromatic heterocycles. The molecule has 0 bridgehead atoms. The molecule has 2 aromatic rings. The van der Waals surface area contributed by atoms with Crippen LogP contribution in [0.5, 0.6) is 5.75 Å². The Balaban J connectivity index is 2.13. The summed E-state index contributed by atoms with van der Waals surface area (Å²) in [7, 11) is 1.62. The van der Waals surface area contributed by atoms with Crippen LogP contribution in [0.4, 0.5) is 0 Å². The minimum atomic E-state index is -0.226. The Labute approximate surface area is 150 Å². The van der Waals surface area contributed by atoms with E-state index >= 15 is 0 Å². The molecule has 2 rings (SSSR count). The first-order valence-electron chi connectivity index (χ1n) is 7.61. The second kappa shape index (κ2) is 9.05. The zero-order chi connectivity index (χ0) is 17.5. The summed E-state index contributed by atoms with van der Waals surface area (Å²) in [6, 6.07) is 7.36. The third-order valence-electron chi connectivity index (χ3n) is 3.57. The van der Waals surface area contributed by atoms with E-state index in [0.29, 0.717) is 10.6 Å². The number of hydrogen-bond acceptors (Lipinski definition) is 6. The van der Waals surface area contributed by atoms with E-state index in [1.54, 1.807) is 18.9 Å². The largest absolute Gasteiger partial charge is 0.497 e. The molecule has 24 heavy (non-hydrogen) atoms. The van der Waals surface area contributed by atoms with Crippen molar-refractivity contribution in [2.75, 3.05) is 25.7 Å². The van der Waals surface area contributed by atoms with E-state index in [1.165, 1.54) is 11.3 Å². The maximum absolute atomic E-state index is 12.5. The van der Waals surface area contributed by atoms with E-state index in [1.807, 2.05) is 37.4 Å². The standard InChI is InChI=1S/C17H22N2O3S2/c1-11-15(16(21)19-13(10-20)8-9-23-3)24-17(18-11)12-4-6-14(22-2)7-5-12/h4-7,13,20H,8-10H2,1-3H3,(H,19,21)/t13-/m1/s1. The van der Waals surface area contributed by atoms with Crippen molar-refractivity contribution in [3.05, 3.63) is 34.8 Å². The minimum Gasteiger partial charge on any atom is -0.497 e. The number of amides is 1. The Morgan fingerprint density at radius 3 is 2.71 bits per heavy atom. The number of methoxy groups -OCH3 is 1. The van der Waals surface area contributed by atoms with Gasteiger partial charge >= 0.3 is 0 Å². The van der Waals surface area contributed by atoms with Crippen molar-refractivity contribution in [2.24, 2.45) is 0 Å². The number of aryl methyl sites for hydroxylation is 1. The monoisotopic (exact) mass is 366 g/mol. The van der Waals surface area contributed by atoms with E-state index < -0.39 is 0 Å². The number of carbonyl (C=O) groups excluding carboxylic acids is 1. The number of thioether (sulfide) groups is 1. The van der Waals surface area contributed by atoms with E-state index in [4.69, 9.17) is 4.74 Å². The second-order valence-corrected chi connectivity index (χ2v) is 7.28. The van der Waals surface area contributed by atoms with Gasteiger partial charge in [0.1, 0.15) is 15.6 Å². The summed E-state index contributed by atoms with van der Waals surface area (Å²) >= 11 is 3.05. The van der Waals surface area contributed by atoms with E-state index in [0.717, 1.165) is 28.5 Å². The molecule has 0 unspecified atom stereocenters. The van der Waals surface area contributed by atoms with Gasteiger partial charge in [-0.3, -0.25) is 4.79 Å². The molecule has 0 radical (unpaired) electrons. The SMILES string of the molecule is COc1ccc(-c2nc(C)c(C(=O)N[C@@H](CO)CCSC)s2)cc1. The van der Waals surface area contributed by atoms with Gasteiger partial charge in [0.25, 0.3) is 5.91 Å². The summed E-state index contributed by atoms with van der Waals surface area (Å²) < 4.78 is 5.15. The molecule has 7 heteroatoms. The van der Waals surface area contributed by atoms with Crippen molar-refractivity contribution < 1.29 is 14.6 Å². The molecule has 0 aliphatic carbocycles. The number of rotatable bonds is 8. The molecule has 0 aliphatic rings. The lowest BCUT2D eigenvalue weighted by molar-refractivity contribution is 0.0918. The van der Waals surface area contributed by atoms with Crippen LogP contribution in [0, 0.1) is 6.92 Å². The number of thiazole rings is 1. The smallest absolute Gasteiger partial charge is 0.263 e. The van der Waals surface area contributed by atoms with Gasteiger partial charge in [0.15, 0.2) is 0 Å². The number of aromatic nitrogens is 1. The quantitative estimate of drug-likeness (QED) is 0.751. The first-order chi connectivity index (χ1) is 11.6. The van der Waals surface area contributed by atoms with Crippen LogP contribution in [0.25, 0.3) is 10.6 Å². The highest BCUT2D eigenvalue weighted by molar-refractivity contribution is 7.98. The number of hydrogen-bond donors (Lipinski definition) is 2. The van der Waals surface area contributed by atoms with Crippen molar-refractivity contribution in [1.82, 2.24) is 10.3 Å². The highest BCUT2D eigenvalue weighted by Crippen LogP contribution is 2.29. The van der Waals surface area contributed by atoms with Crippen molar-refractivity contribution in [2.45, 2.75) is 19.4 Å². The molecule has 1 aromatic carbocycles. The zero-order valence-electron chi connectivity index (χ0n) is 14.0. The number of ether oxygens (including phenoxy) is 1. The van der Waals surface area contributed by atoms with Crippen LogP contribution in [0.1, 0.15) is 21.8 Å². The predicted molar refractivity (Wildman–Crippen MR) is 100 cm³/mol. The molecule has 1 atom stereocenters. The Hall–Kier alpha value is -1.57. The average Bonchev–Trinajstić information content (AvgIpc) is 3.00. The fraction of sp³-hybridized carbons (Fsp3) is 0.412. The molecule has 5 nitrogen and oxygen atoms in total. The van der Waals surface area contributed by atoms with Gasteiger partial charge in [-0.15, -0.1) is 11.3 Å². The van der Waals surface area contributed by atoms with Crippen molar-refractivity contribution >= 4 is 29.0 Å². The molecule has 0 saturated carbocycles. The van der Waals surface area contributed by atoms with E-state index in [-0.39, 0.29) is 18.6 Å². The number of aliphatic hydroxyl groups excluding tert-OH is 1. The minimum absolute atomic E-state index is 0.0600. The van der Waals surface area contributed by atoms with Crippen LogP contribution in [0.3, 0.4) is 0 Å². The van der Waals surface area contributed by atoms with E-state index in [9.17, 15) is 9.90 Å². The molecule has 1 amide bonds. The van der Waals surface area contributed by atoms with Crippen molar-refractivity contribution in [1.29, 1.82) is 0 Å². The third-order valence-corrected chi connectivity index (χ3v) is 5.42. The van der Waals surface area contributed by atoms with Crippen LogP contribution in [-0.4, -0.2) is 47.8 Å². The molecule has 0 fully saturated rings. The summed E-state index contributed by atoms with van der Waals surface area (Å²) in [5.41, 5.74) is 1.65. The van der Waals surface area contributed by atoms with Gasteiger partial charge < -0.3 is 15.2 Å². The third kappa shape index (κ3) is 4.72. The summed E-state index contributed by atoms with van der Waals surface area (Å²) in [6.45, 7) is 1.77. The lowest BCUT2D eigenvalue weighted by Gasteiger charge is -2.15. The Kier molecular flexibility index (Phi) is 7.08. The second-order valence-electron chi connectivity index (χ2n) is 5.30. The predicted octanol–water partition coefficient (Wildman–Crippen LogP) is 2.97. The van der Waals surface area contributed by atoms with Crippen molar-refractivity contribution in [3.63, 3.8) is 0 Å². The van der Waals surface area contributed by atoms with Gasteiger partial charge in [0.05, 0.1) is 25.5 Å². The Morgan fingerprint density at radius 1 is 1.42 bits per heavy atom. The van der Waals surface area contributed by atoms with Gasteiger partial charge in [0, 0.05) is 5.56 Å². The van der Waals surface area contributed by atoms with Gasteiger partial charge in [-0.25, -0.2) is 4.98 Å². The van der Waals surface area contributed by atoms with Crippen LogP contribution >= 0.6 is 23.1 Å². The zero-order valence-corrected chi connectivity index (χ0v) is 15.7. The Bertz CT molecular complexity index is 671. The summed E-state index contributed by atoms with van der Waals surface area (Å²) in [5, 5.41) is 13.1. The topological polar surface area (TPSA) is 71.5 Å². The van der Waals surface area contributed by atoms with Gasteiger partial charge in [0.2, 0.25) is 0 Å². The van der Waals surface area contributed by atoms with E-state index in [2.05, 4.69) is 10.3 Å². The van der Waals surface area contributed by atoms with Crippen LogP contribution in [0.2, 0.25) is 0 Å². The highest BCUT2D eigenvalue weighted by atomic mass is 32.2. The number of carbonyl (C=O) groups is 1. The average molecular weight is 367 g/mol. The Morgan fingerprint density at radius 2 is 2.12 bits per heavy atom. The van der Waals surface area contributed by atoms with Crippen LogP contribution in [0.15, 0.2) is 24.3 Å². The molecular formula is C17H22N2O3S2. The lowest BCUT2D eigenvalue weighted by Crippen LogP contribution is -2.37. The molecule has 0 aliphatic heterocycles. The van der Waals surface area contributed by atoms with Crippen molar-refractivity contribution in [3.8, 4) is 16.3 Å². The fourth-order valence-electron chi connectivity index (χ4n) is 2.18. The maximum Gasteiger partial charge on any atom is 0.263 e. The summed E-state index contributed by atoms with van der Waals surface area (Å²) in [4.78, 5) is 17.6. The van der Waals surface area contributed by atoms with Gasteiger partial charge in [-0.05, 0) is 49.6 Å². The fourth-order valence-corrected chi connectivity index (χ4v) is 3.68. The van der Waals surface area contributed by atoms with Gasteiger partial charge in [-0.2, -0.15) is 11.8 Å². The molecule has 2 N–H and O–H groups in total. The molecule has 130 valence electrons. The lowest BCUT2D eigenvalue weighted by atomic mass is 10.2. The van der Waals surface area contributed by atoms with Crippen LogP contribution < -0.4 is 10.1 Å². The molecular weight excluding hydrogens is 344 g/mol.